The standard InChI is InChI=1S/C17H26N2O2/c1-12(2)9-13-3-5-14(6-4-13)16(20)11-18-10-15-7-8-17(21)19-15/h3-6,12,15-16,18,20H,7-11H2,1-2H3,(H,19,21). The summed E-state index contributed by atoms with van der Waals surface area (Å²) in [6.07, 6.45) is 2.06. The number of hydrogen-bond acceptors (Lipinski definition) is 3. The summed E-state index contributed by atoms with van der Waals surface area (Å²) in [6, 6.07) is 8.40. The first-order chi connectivity index (χ1) is 10.0. The summed E-state index contributed by atoms with van der Waals surface area (Å²) < 4.78 is 0. The predicted molar refractivity (Wildman–Crippen MR) is 84.0 cm³/mol. The van der Waals surface area contributed by atoms with Gasteiger partial charge < -0.3 is 15.7 Å². The first-order valence-electron chi connectivity index (χ1n) is 7.81. The van der Waals surface area contributed by atoms with Gasteiger partial charge in [0.1, 0.15) is 0 Å². The molecule has 1 aromatic carbocycles. The number of carbonyl (C=O) groups is 1. The molecule has 3 N–H and O–H groups in total. The Morgan fingerprint density at radius 3 is 2.62 bits per heavy atom. The van der Waals surface area contributed by atoms with Crippen LogP contribution in [0.25, 0.3) is 0 Å². The lowest BCUT2D eigenvalue weighted by atomic mass is 10.0. The molecule has 1 amide bonds. The number of nitrogens with one attached hydrogen (secondary N) is 2. The highest BCUT2D eigenvalue weighted by Gasteiger charge is 2.20. The van der Waals surface area contributed by atoms with Gasteiger partial charge in [-0.2, -0.15) is 0 Å². The zero-order valence-electron chi connectivity index (χ0n) is 12.9. The van der Waals surface area contributed by atoms with Crippen LogP contribution in [0.4, 0.5) is 0 Å². The maximum Gasteiger partial charge on any atom is 0.220 e. The normalized spacial score (nSPS) is 19.8. The number of amides is 1. The fraction of sp³-hybridized carbons (Fsp3) is 0.588. The number of hydrogen-bond donors (Lipinski definition) is 3. The molecule has 1 heterocycles. The van der Waals surface area contributed by atoms with Gasteiger partial charge in [0.05, 0.1) is 6.10 Å². The number of benzene rings is 1. The van der Waals surface area contributed by atoms with Crippen molar-refractivity contribution in [3.63, 3.8) is 0 Å². The van der Waals surface area contributed by atoms with Gasteiger partial charge in [0.15, 0.2) is 0 Å². The Balaban J connectivity index is 1.74. The van der Waals surface area contributed by atoms with Crippen LogP contribution < -0.4 is 10.6 Å². The average Bonchev–Trinajstić information content (AvgIpc) is 2.84. The largest absolute Gasteiger partial charge is 0.387 e. The number of rotatable bonds is 7. The molecule has 4 nitrogen and oxygen atoms in total. The molecule has 2 unspecified atom stereocenters. The van der Waals surface area contributed by atoms with Gasteiger partial charge in [-0.05, 0) is 29.9 Å². The summed E-state index contributed by atoms with van der Waals surface area (Å²) in [5.41, 5.74) is 2.24. The second kappa shape index (κ2) is 7.57. The molecule has 0 saturated carbocycles. The third-order valence-electron chi connectivity index (χ3n) is 3.82. The summed E-state index contributed by atoms with van der Waals surface area (Å²) in [6.45, 7) is 5.63. The highest BCUT2D eigenvalue weighted by atomic mass is 16.3. The van der Waals surface area contributed by atoms with Crippen molar-refractivity contribution in [3.05, 3.63) is 35.4 Å². The molecule has 1 aliphatic heterocycles. The average molecular weight is 290 g/mol. The minimum atomic E-state index is -0.504. The third kappa shape index (κ3) is 5.14. The van der Waals surface area contributed by atoms with Crippen LogP contribution in [0.1, 0.15) is 43.9 Å². The maximum absolute atomic E-state index is 11.1. The van der Waals surface area contributed by atoms with Gasteiger partial charge >= 0.3 is 0 Å². The summed E-state index contributed by atoms with van der Waals surface area (Å²) in [5.74, 6) is 0.771. The Kier molecular flexibility index (Phi) is 5.76. The van der Waals surface area contributed by atoms with E-state index in [4.69, 9.17) is 0 Å². The van der Waals surface area contributed by atoms with Gasteiger partial charge in [0, 0.05) is 25.6 Å². The summed E-state index contributed by atoms with van der Waals surface area (Å²) in [7, 11) is 0. The van der Waals surface area contributed by atoms with E-state index in [1.54, 1.807) is 0 Å². The highest BCUT2D eigenvalue weighted by molar-refractivity contribution is 5.78. The lowest BCUT2D eigenvalue weighted by Crippen LogP contribution is -2.37. The fourth-order valence-electron chi connectivity index (χ4n) is 2.69. The molecule has 0 aromatic heterocycles. The molecule has 0 bridgehead atoms. The highest BCUT2D eigenvalue weighted by Crippen LogP contribution is 2.15. The van der Waals surface area contributed by atoms with E-state index in [0.29, 0.717) is 25.4 Å². The summed E-state index contributed by atoms with van der Waals surface area (Å²) in [4.78, 5) is 11.1. The van der Waals surface area contributed by atoms with Crippen molar-refractivity contribution >= 4 is 5.91 Å². The molecule has 2 rings (SSSR count). The lowest BCUT2D eigenvalue weighted by Gasteiger charge is -2.15. The molecule has 1 aromatic rings. The minimum Gasteiger partial charge on any atom is -0.387 e. The van der Waals surface area contributed by atoms with Crippen LogP contribution in [0.2, 0.25) is 0 Å². The second-order valence-electron chi connectivity index (χ2n) is 6.32. The van der Waals surface area contributed by atoms with Gasteiger partial charge in [-0.15, -0.1) is 0 Å². The summed E-state index contributed by atoms with van der Waals surface area (Å²) >= 11 is 0. The fourth-order valence-corrected chi connectivity index (χ4v) is 2.69. The Hall–Kier alpha value is -1.39. The number of aliphatic hydroxyl groups is 1. The Morgan fingerprint density at radius 2 is 2.05 bits per heavy atom. The molecule has 116 valence electrons. The molecule has 1 fully saturated rings. The van der Waals surface area contributed by atoms with E-state index in [2.05, 4.69) is 36.6 Å². The van der Waals surface area contributed by atoms with Gasteiger partial charge in [-0.1, -0.05) is 38.1 Å². The van der Waals surface area contributed by atoms with Crippen molar-refractivity contribution in [3.8, 4) is 0 Å². The quantitative estimate of drug-likeness (QED) is 0.717. The van der Waals surface area contributed by atoms with Crippen molar-refractivity contribution in [2.24, 2.45) is 5.92 Å². The van der Waals surface area contributed by atoms with E-state index in [1.165, 1.54) is 5.56 Å². The van der Waals surface area contributed by atoms with Gasteiger partial charge in [0.2, 0.25) is 5.91 Å². The minimum absolute atomic E-state index is 0.128. The SMILES string of the molecule is CC(C)Cc1ccc(C(O)CNCC2CCC(=O)N2)cc1. The first-order valence-corrected chi connectivity index (χ1v) is 7.81. The molecule has 0 radical (unpaired) electrons. The molecule has 0 spiro atoms. The topological polar surface area (TPSA) is 61.4 Å². The second-order valence-corrected chi connectivity index (χ2v) is 6.32. The molecule has 4 heteroatoms. The Bertz CT molecular complexity index is 456. The third-order valence-corrected chi connectivity index (χ3v) is 3.82. The number of carbonyl (C=O) groups excluding carboxylic acids is 1. The van der Waals surface area contributed by atoms with E-state index in [9.17, 15) is 9.90 Å². The van der Waals surface area contributed by atoms with Gasteiger partial charge in [0.25, 0.3) is 0 Å². The van der Waals surface area contributed by atoms with Crippen LogP contribution >= 0.6 is 0 Å². The zero-order chi connectivity index (χ0) is 15.2. The van der Waals surface area contributed by atoms with Gasteiger partial charge in [-0.25, -0.2) is 0 Å². The van der Waals surface area contributed by atoms with Crippen LogP contribution in [0, 0.1) is 5.92 Å². The van der Waals surface area contributed by atoms with E-state index in [-0.39, 0.29) is 11.9 Å². The van der Waals surface area contributed by atoms with E-state index >= 15 is 0 Å². The van der Waals surface area contributed by atoms with Crippen LogP contribution in [0.15, 0.2) is 24.3 Å². The van der Waals surface area contributed by atoms with Gasteiger partial charge in [-0.3, -0.25) is 4.79 Å². The smallest absolute Gasteiger partial charge is 0.220 e. The van der Waals surface area contributed by atoms with Crippen molar-refractivity contribution < 1.29 is 9.90 Å². The van der Waals surface area contributed by atoms with Crippen molar-refractivity contribution in [2.75, 3.05) is 13.1 Å². The molecule has 0 aliphatic carbocycles. The van der Waals surface area contributed by atoms with E-state index < -0.39 is 6.10 Å². The maximum atomic E-state index is 11.1. The van der Waals surface area contributed by atoms with Crippen LogP contribution in [-0.4, -0.2) is 30.1 Å². The predicted octanol–water partition coefficient (Wildman–Crippen LogP) is 1.79. The van der Waals surface area contributed by atoms with Crippen molar-refractivity contribution in [1.29, 1.82) is 0 Å². The van der Waals surface area contributed by atoms with Crippen molar-refractivity contribution in [1.82, 2.24) is 10.6 Å². The number of aliphatic hydroxyl groups excluding tert-OH is 1. The lowest BCUT2D eigenvalue weighted by molar-refractivity contribution is -0.119. The molecule has 2 atom stereocenters. The van der Waals surface area contributed by atoms with E-state index in [0.717, 1.165) is 18.4 Å². The first kappa shape index (κ1) is 16.0. The molecule has 1 saturated heterocycles. The zero-order valence-corrected chi connectivity index (χ0v) is 12.9. The molecular formula is C17H26N2O2. The monoisotopic (exact) mass is 290 g/mol. The molecule has 1 aliphatic rings. The Labute approximate surface area is 126 Å². The van der Waals surface area contributed by atoms with Crippen LogP contribution in [0.5, 0.6) is 0 Å². The summed E-state index contributed by atoms with van der Waals surface area (Å²) in [5, 5.41) is 16.3. The molecule has 21 heavy (non-hydrogen) atoms. The van der Waals surface area contributed by atoms with Crippen LogP contribution in [0.3, 0.4) is 0 Å². The molecular weight excluding hydrogens is 264 g/mol. The Morgan fingerprint density at radius 1 is 1.33 bits per heavy atom. The van der Waals surface area contributed by atoms with Crippen molar-refractivity contribution in [2.45, 2.75) is 45.3 Å². The van der Waals surface area contributed by atoms with Crippen LogP contribution in [-0.2, 0) is 11.2 Å². The van der Waals surface area contributed by atoms with E-state index in [1.807, 2.05) is 12.1 Å².